The van der Waals surface area contributed by atoms with Gasteiger partial charge in [0, 0.05) is 26.3 Å². The van der Waals surface area contributed by atoms with Gasteiger partial charge < -0.3 is 0 Å². The second-order valence-electron chi connectivity index (χ2n) is 3.50. The van der Waals surface area contributed by atoms with Crippen LogP contribution in [-0.2, 0) is 0 Å². The molecule has 4 heteroatoms. The summed E-state index contributed by atoms with van der Waals surface area (Å²) in [6.45, 7) is 0. The van der Waals surface area contributed by atoms with Gasteiger partial charge in [0.05, 0.1) is 4.88 Å². The molecular weight excluding hydrogens is 268 g/mol. The Morgan fingerprint density at radius 1 is 1.00 bits per heavy atom. The third kappa shape index (κ3) is 1.99. The van der Waals surface area contributed by atoms with Gasteiger partial charge in [-0.05, 0) is 29.0 Å². The number of hydrogen-bond donors (Lipinski definition) is 0. The minimum Gasteiger partial charge on any atom is -0.298 e. The van der Waals surface area contributed by atoms with Crippen molar-refractivity contribution in [1.29, 1.82) is 0 Å². The Kier molecular flexibility index (Phi) is 2.93. The number of hydrogen-bond acceptors (Lipinski definition) is 4. The molecule has 3 heterocycles. The van der Waals surface area contributed by atoms with Gasteiger partial charge in [0.1, 0.15) is 0 Å². The zero-order valence-electron chi connectivity index (χ0n) is 8.75. The molecule has 0 aliphatic rings. The average molecular weight is 276 g/mol. The first-order valence-corrected chi connectivity index (χ1v) is 7.68. The van der Waals surface area contributed by atoms with E-state index in [0.717, 1.165) is 11.8 Å². The van der Waals surface area contributed by atoms with Crippen LogP contribution in [0.1, 0.15) is 10.4 Å². The maximum atomic E-state index is 10.7. The first-order chi connectivity index (χ1) is 8.38. The summed E-state index contributed by atoms with van der Waals surface area (Å²) in [7, 11) is 0. The van der Waals surface area contributed by atoms with Crippen molar-refractivity contribution in [3.63, 3.8) is 0 Å². The van der Waals surface area contributed by atoms with E-state index in [4.69, 9.17) is 0 Å². The van der Waals surface area contributed by atoms with Gasteiger partial charge in [-0.25, -0.2) is 0 Å². The third-order valence-electron chi connectivity index (χ3n) is 2.43. The second kappa shape index (κ2) is 4.56. The molecule has 3 aromatic heterocycles. The molecule has 0 aliphatic carbocycles. The summed E-state index contributed by atoms with van der Waals surface area (Å²) in [4.78, 5) is 14.4. The van der Waals surface area contributed by atoms with Crippen LogP contribution < -0.4 is 0 Å². The van der Waals surface area contributed by atoms with Gasteiger partial charge in [-0.2, -0.15) is 0 Å². The second-order valence-corrected chi connectivity index (χ2v) is 6.28. The molecule has 17 heavy (non-hydrogen) atoms. The molecule has 0 atom stereocenters. The molecule has 0 amide bonds. The topological polar surface area (TPSA) is 17.1 Å². The average Bonchev–Trinajstić information content (AvgIpc) is 3.09. The van der Waals surface area contributed by atoms with Crippen LogP contribution in [0.3, 0.4) is 0 Å². The fourth-order valence-corrected chi connectivity index (χ4v) is 4.40. The van der Waals surface area contributed by atoms with Gasteiger partial charge in [0.2, 0.25) is 0 Å². The lowest BCUT2D eigenvalue weighted by molar-refractivity contribution is 0.112. The van der Waals surface area contributed by atoms with Crippen molar-refractivity contribution in [1.82, 2.24) is 0 Å². The summed E-state index contributed by atoms with van der Waals surface area (Å²) in [5, 5.41) is 6.09. The Bertz CT molecular complexity index is 631. The number of rotatable bonds is 3. The molecule has 0 fully saturated rings. The minimum absolute atomic E-state index is 0.760. The van der Waals surface area contributed by atoms with Crippen LogP contribution in [0.5, 0.6) is 0 Å². The predicted molar refractivity (Wildman–Crippen MR) is 76.3 cm³/mol. The smallest absolute Gasteiger partial charge is 0.150 e. The molecule has 0 bridgehead atoms. The van der Waals surface area contributed by atoms with E-state index < -0.39 is 0 Å². The molecule has 0 unspecified atom stereocenters. The molecule has 0 aliphatic heterocycles. The van der Waals surface area contributed by atoms with Gasteiger partial charge in [0.25, 0.3) is 0 Å². The molecule has 0 N–H and O–H groups in total. The van der Waals surface area contributed by atoms with Crippen molar-refractivity contribution in [3.05, 3.63) is 46.0 Å². The Hall–Kier alpha value is -1.23. The van der Waals surface area contributed by atoms with E-state index >= 15 is 0 Å². The number of carbonyl (C=O) groups is 1. The molecule has 0 saturated heterocycles. The van der Waals surface area contributed by atoms with Crippen molar-refractivity contribution in [2.45, 2.75) is 0 Å². The summed E-state index contributed by atoms with van der Waals surface area (Å²) in [5.74, 6) is 0. The molecule has 84 valence electrons. The van der Waals surface area contributed by atoms with E-state index in [1.54, 1.807) is 34.0 Å². The highest BCUT2D eigenvalue weighted by Crippen LogP contribution is 2.41. The van der Waals surface area contributed by atoms with Crippen molar-refractivity contribution < 1.29 is 4.79 Å². The lowest BCUT2D eigenvalue weighted by Gasteiger charge is -1.97. The van der Waals surface area contributed by atoms with Crippen LogP contribution in [0.2, 0.25) is 0 Å². The summed E-state index contributed by atoms with van der Waals surface area (Å²) < 4.78 is 0. The van der Waals surface area contributed by atoms with Gasteiger partial charge in [0.15, 0.2) is 6.29 Å². The molecule has 0 radical (unpaired) electrons. The van der Waals surface area contributed by atoms with E-state index in [9.17, 15) is 4.79 Å². The van der Waals surface area contributed by atoms with Crippen LogP contribution in [-0.4, -0.2) is 6.29 Å². The van der Waals surface area contributed by atoms with E-state index in [-0.39, 0.29) is 0 Å². The summed E-state index contributed by atoms with van der Waals surface area (Å²) in [6, 6.07) is 8.30. The van der Waals surface area contributed by atoms with Crippen LogP contribution in [0.25, 0.3) is 20.2 Å². The molecule has 1 nitrogen and oxygen atoms in total. The van der Waals surface area contributed by atoms with E-state index in [1.165, 1.54) is 20.2 Å². The Morgan fingerprint density at radius 2 is 1.94 bits per heavy atom. The number of thiophene rings is 3. The van der Waals surface area contributed by atoms with E-state index in [2.05, 4.69) is 29.0 Å². The van der Waals surface area contributed by atoms with Gasteiger partial charge in [-0.1, -0.05) is 6.07 Å². The Labute approximate surface area is 111 Å². The number of carbonyl (C=O) groups excluding carboxylic acids is 1. The first-order valence-electron chi connectivity index (χ1n) is 5.04. The fourth-order valence-electron chi connectivity index (χ4n) is 1.66. The summed E-state index contributed by atoms with van der Waals surface area (Å²) >= 11 is 5.10. The molecule has 0 saturated carbocycles. The Balaban J connectivity index is 2.10. The lowest BCUT2D eigenvalue weighted by Crippen LogP contribution is -1.72. The molecule has 3 rings (SSSR count). The monoisotopic (exact) mass is 276 g/mol. The highest BCUT2D eigenvalue weighted by molar-refractivity contribution is 7.21. The van der Waals surface area contributed by atoms with Gasteiger partial charge >= 0.3 is 0 Å². The lowest BCUT2D eigenvalue weighted by atomic mass is 10.2. The largest absolute Gasteiger partial charge is 0.298 e. The van der Waals surface area contributed by atoms with Crippen molar-refractivity contribution >= 4 is 40.3 Å². The highest BCUT2D eigenvalue weighted by atomic mass is 32.1. The fraction of sp³-hybridized carbons (Fsp3) is 0. The van der Waals surface area contributed by atoms with Crippen LogP contribution in [0, 0.1) is 0 Å². The SMILES string of the molecule is O=Cc1csc(-c2sccc2-c2cccs2)c1. The maximum absolute atomic E-state index is 10.7. The van der Waals surface area contributed by atoms with E-state index in [1.807, 2.05) is 11.4 Å². The highest BCUT2D eigenvalue weighted by Gasteiger charge is 2.11. The third-order valence-corrected chi connectivity index (χ3v) is 5.38. The molecule has 3 aromatic rings. The van der Waals surface area contributed by atoms with Crippen LogP contribution in [0.15, 0.2) is 40.4 Å². The van der Waals surface area contributed by atoms with Gasteiger partial charge in [-0.15, -0.1) is 34.0 Å². The van der Waals surface area contributed by atoms with Crippen LogP contribution in [0.4, 0.5) is 0 Å². The quantitative estimate of drug-likeness (QED) is 0.614. The molecule has 0 aromatic carbocycles. The van der Waals surface area contributed by atoms with E-state index in [0.29, 0.717) is 0 Å². The maximum Gasteiger partial charge on any atom is 0.150 e. The minimum atomic E-state index is 0.760. The summed E-state index contributed by atoms with van der Waals surface area (Å²) in [6.07, 6.45) is 0.901. The normalized spacial score (nSPS) is 10.6. The predicted octanol–water partition coefficient (Wildman–Crippen LogP) is 5.02. The van der Waals surface area contributed by atoms with Crippen molar-refractivity contribution in [3.8, 4) is 20.2 Å². The van der Waals surface area contributed by atoms with Crippen molar-refractivity contribution in [2.75, 3.05) is 0 Å². The molecular formula is C13H8OS3. The molecule has 0 spiro atoms. The standard InChI is InChI=1S/C13H8OS3/c14-7-9-6-12(17-8-9)13-10(3-5-16-13)11-2-1-4-15-11/h1-8H. The van der Waals surface area contributed by atoms with Gasteiger partial charge in [-0.3, -0.25) is 4.79 Å². The first kappa shape index (κ1) is 10.9. The number of aldehydes is 1. The Morgan fingerprint density at radius 3 is 2.65 bits per heavy atom. The zero-order valence-corrected chi connectivity index (χ0v) is 11.2. The zero-order chi connectivity index (χ0) is 11.7. The summed E-state index contributed by atoms with van der Waals surface area (Å²) in [5.41, 5.74) is 2.03. The van der Waals surface area contributed by atoms with Crippen LogP contribution >= 0.6 is 34.0 Å². The van der Waals surface area contributed by atoms with Crippen molar-refractivity contribution in [2.24, 2.45) is 0 Å².